The minimum atomic E-state index is 0.220. The minimum absolute atomic E-state index is 0.220. The van der Waals surface area contributed by atoms with Gasteiger partial charge in [-0.15, -0.1) is 0 Å². The van der Waals surface area contributed by atoms with Crippen LogP contribution in [0.3, 0.4) is 0 Å². The molecule has 0 saturated carbocycles. The van der Waals surface area contributed by atoms with Gasteiger partial charge in [0.2, 0.25) is 5.28 Å². The van der Waals surface area contributed by atoms with E-state index in [2.05, 4.69) is 9.97 Å². The summed E-state index contributed by atoms with van der Waals surface area (Å²) in [6, 6.07) is 7.59. The van der Waals surface area contributed by atoms with Gasteiger partial charge in [-0.2, -0.15) is 4.98 Å². The Bertz CT molecular complexity index is 770. The molecule has 1 aromatic carbocycles. The zero-order valence-electron chi connectivity index (χ0n) is 11.0. The van der Waals surface area contributed by atoms with Gasteiger partial charge in [0.25, 0.3) is 0 Å². The maximum absolute atomic E-state index is 5.86. The monoisotopic (exact) mass is 289 g/mol. The fourth-order valence-electron chi connectivity index (χ4n) is 2.08. The Kier molecular flexibility index (Phi) is 3.20. The van der Waals surface area contributed by atoms with Crippen LogP contribution in [0.5, 0.6) is 11.5 Å². The van der Waals surface area contributed by atoms with Crippen molar-refractivity contribution in [2.45, 2.75) is 0 Å². The number of benzene rings is 1. The Morgan fingerprint density at radius 3 is 2.65 bits per heavy atom. The number of hydrogen-bond donors (Lipinski definition) is 0. The lowest BCUT2D eigenvalue weighted by molar-refractivity contribution is 0.355. The van der Waals surface area contributed by atoms with Gasteiger partial charge in [-0.05, 0) is 29.8 Å². The van der Waals surface area contributed by atoms with Crippen molar-refractivity contribution in [3.05, 3.63) is 41.9 Å². The summed E-state index contributed by atoms with van der Waals surface area (Å²) in [5.41, 5.74) is 1.66. The van der Waals surface area contributed by atoms with Crippen molar-refractivity contribution < 1.29 is 9.47 Å². The highest BCUT2D eigenvalue weighted by atomic mass is 35.5. The number of ether oxygens (including phenoxy) is 2. The Morgan fingerprint density at radius 1 is 1.10 bits per heavy atom. The molecule has 0 aliphatic heterocycles. The number of hydrogen-bond acceptors (Lipinski definition) is 4. The lowest BCUT2D eigenvalue weighted by Crippen LogP contribution is -1.97. The van der Waals surface area contributed by atoms with E-state index in [-0.39, 0.29) is 5.28 Å². The van der Waals surface area contributed by atoms with E-state index >= 15 is 0 Å². The van der Waals surface area contributed by atoms with Crippen molar-refractivity contribution >= 4 is 22.6 Å². The fourth-order valence-corrected chi connectivity index (χ4v) is 2.21. The van der Waals surface area contributed by atoms with Crippen LogP contribution in [0.25, 0.3) is 16.7 Å². The molecule has 0 saturated heterocycles. The molecule has 0 unspecified atom stereocenters. The molecule has 0 fully saturated rings. The number of methoxy groups -OCH3 is 2. The highest BCUT2D eigenvalue weighted by Gasteiger charge is 2.09. The smallest absolute Gasteiger partial charge is 0.224 e. The topological polar surface area (TPSA) is 49.2 Å². The van der Waals surface area contributed by atoms with E-state index in [9.17, 15) is 0 Å². The fraction of sp³-hybridized carbons (Fsp3) is 0.143. The van der Waals surface area contributed by atoms with Crippen molar-refractivity contribution in [1.82, 2.24) is 14.5 Å². The average molecular weight is 290 g/mol. The Hall–Kier alpha value is -2.27. The normalized spacial score (nSPS) is 10.8. The van der Waals surface area contributed by atoms with Crippen LogP contribution >= 0.6 is 11.6 Å². The predicted octanol–water partition coefficient (Wildman–Crippen LogP) is 3.09. The van der Waals surface area contributed by atoms with Gasteiger partial charge in [0.05, 0.1) is 19.9 Å². The molecule has 0 atom stereocenters. The molecule has 20 heavy (non-hydrogen) atoms. The van der Waals surface area contributed by atoms with Crippen molar-refractivity contribution in [3.63, 3.8) is 0 Å². The molecule has 0 spiro atoms. The second kappa shape index (κ2) is 5.02. The molecule has 3 aromatic rings. The van der Waals surface area contributed by atoms with E-state index in [1.807, 2.05) is 35.0 Å². The third kappa shape index (κ3) is 2.06. The summed E-state index contributed by atoms with van der Waals surface area (Å²) in [7, 11) is 3.21. The van der Waals surface area contributed by atoms with Gasteiger partial charge in [0.15, 0.2) is 11.5 Å². The third-order valence-electron chi connectivity index (χ3n) is 3.04. The molecule has 3 rings (SSSR count). The molecule has 102 valence electrons. The van der Waals surface area contributed by atoms with E-state index in [0.717, 1.165) is 16.7 Å². The zero-order valence-corrected chi connectivity index (χ0v) is 11.8. The van der Waals surface area contributed by atoms with Gasteiger partial charge in [0.1, 0.15) is 5.65 Å². The zero-order chi connectivity index (χ0) is 14.1. The predicted molar refractivity (Wildman–Crippen MR) is 77.0 cm³/mol. The molecule has 0 aliphatic rings. The van der Waals surface area contributed by atoms with Crippen LogP contribution < -0.4 is 9.47 Å². The lowest BCUT2D eigenvalue weighted by atomic mass is 10.2. The van der Waals surface area contributed by atoms with Crippen LogP contribution in [0.15, 0.2) is 36.7 Å². The Labute approximate surface area is 120 Å². The first-order chi connectivity index (χ1) is 9.72. The van der Waals surface area contributed by atoms with Crippen LogP contribution in [0, 0.1) is 0 Å². The number of fused-ring (bicyclic) bond motifs is 1. The van der Waals surface area contributed by atoms with Crippen LogP contribution in [0.4, 0.5) is 0 Å². The van der Waals surface area contributed by atoms with Crippen LogP contribution in [0.2, 0.25) is 5.28 Å². The quantitative estimate of drug-likeness (QED) is 0.695. The van der Waals surface area contributed by atoms with E-state index in [4.69, 9.17) is 21.1 Å². The second-order valence-corrected chi connectivity index (χ2v) is 4.48. The summed E-state index contributed by atoms with van der Waals surface area (Å²) in [6.07, 6.45) is 3.61. The number of halogens is 1. The largest absolute Gasteiger partial charge is 0.493 e. The summed E-state index contributed by atoms with van der Waals surface area (Å²) in [6.45, 7) is 0. The van der Waals surface area contributed by atoms with Crippen molar-refractivity contribution in [2.75, 3.05) is 14.2 Å². The van der Waals surface area contributed by atoms with E-state index in [1.54, 1.807) is 20.4 Å². The summed E-state index contributed by atoms with van der Waals surface area (Å²) in [5.74, 6) is 1.34. The molecule has 5 nitrogen and oxygen atoms in total. The van der Waals surface area contributed by atoms with Crippen LogP contribution in [-0.2, 0) is 0 Å². The molecule has 2 heterocycles. The first-order valence-electron chi connectivity index (χ1n) is 5.95. The molecule has 0 amide bonds. The average Bonchev–Trinajstić information content (AvgIpc) is 2.89. The van der Waals surface area contributed by atoms with Crippen LogP contribution in [-0.4, -0.2) is 28.8 Å². The standard InChI is InChI=1S/C14H12ClN3O2/c1-19-11-4-3-10(7-12(11)20-2)18-6-5-9-8-16-14(15)17-13(9)18/h3-8H,1-2H3. The molecular formula is C14H12ClN3O2. The SMILES string of the molecule is COc1ccc(-n2ccc3cnc(Cl)nc32)cc1OC. The summed E-state index contributed by atoms with van der Waals surface area (Å²) < 4.78 is 12.5. The Morgan fingerprint density at radius 2 is 1.90 bits per heavy atom. The molecule has 6 heteroatoms. The van der Waals surface area contributed by atoms with Gasteiger partial charge in [-0.1, -0.05) is 0 Å². The van der Waals surface area contributed by atoms with E-state index in [0.29, 0.717) is 11.5 Å². The van der Waals surface area contributed by atoms with Crippen molar-refractivity contribution in [3.8, 4) is 17.2 Å². The van der Waals surface area contributed by atoms with Crippen molar-refractivity contribution in [1.29, 1.82) is 0 Å². The second-order valence-electron chi connectivity index (χ2n) is 4.14. The number of aromatic nitrogens is 3. The van der Waals surface area contributed by atoms with Gasteiger partial charge in [0, 0.05) is 23.8 Å². The van der Waals surface area contributed by atoms with E-state index < -0.39 is 0 Å². The summed E-state index contributed by atoms with van der Waals surface area (Å²) in [4.78, 5) is 8.23. The molecule has 2 aromatic heterocycles. The van der Waals surface area contributed by atoms with Gasteiger partial charge in [-0.3, -0.25) is 0 Å². The van der Waals surface area contributed by atoms with E-state index in [1.165, 1.54) is 0 Å². The first kappa shape index (κ1) is 12.7. The number of rotatable bonds is 3. The first-order valence-corrected chi connectivity index (χ1v) is 6.32. The molecule has 0 N–H and O–H groups in total. The minimum Gasteiger partial charge on any atom is -0.493 e. The highest BCUT2D eigenvalue weighted by Crippen LogP contribution is 2.30. The molecule has 0 aliphatic carbocycles. The molecular weight excluding hydrogens is 278 g/mol. The maximum Gasteiger partial charge on any atom is 0.224 e. The number of nitrogens with zero attached hydrogens (tertiary/aromatic N) is 3. The lowest BCUT2D eigenvalue weighted by Gasteiger charge is -2.10. The maximum atomic E-state index is 5.86. The van der Waals surface area contributed by atoms with Gasteiger partial charge < -0.3 is 14.0 Å². The molecule has 0 radical (unpaired) electrons. The highest BCUT2D eigenvalue weighted by molar-refractivity contribution is 6.28. The van der Waals surface area contributed by atoms with Gasteiger partial charge >= 0.3 is 0 Å². The summed E-state index contributed by atoms with van der Waals surface area (Å²) >= 11 is 5.86. The third-order valence-corrected chi connectivity index (χ3v) is 3.23. The van der Waals surface area contributed by atoms with Crippen LogP contribution in [0.1, 0.15) is 0 Å². The van der Waals surface area contributed by atoms with Crippen molar-refractivity contribution in [2.24, 2.45) is 0 Å². The molecule has 0 bridgehead atoms. The summed E-state index contributed by atoms with van der Waals surface area (Å²) in [5, 5.41) is 1.14. The van der Waals surface area contributed by atoms with Gasteiger partial charge in [-0.25, -0.2) is 4.98 Å². The Balaban J connectivity index is 2.18.